The van der Waals surface area contributed by atoms with E-state index in [2.05, 4.69) is 10.3 Å². The van der Waals surface area contributed by atoms with Gasteiger partial charge in [-0.25, -0.2) is 0 Å². The number of guanidine groups is 1. The molecule has 1 atom stereocenters. The number of nitrogens with one attached hydrogen (secondary N) is 1. The van der Waals surface area contributed by atoms with Crippen LogP contribution >= 0.6 is 24.0 Å². The summed E-state index contributed by atoms with van der Waals surface area (Å²) in [5, 5.41) is 3.26. The van der Waals surface area contributed by atoms with Crippen LogP contribution in [-0.4, -0.2) is 72.3 Å². The molecule has 160 valence electrons. The number of hydrogen-bond acceptors (Lipinski definition) is 3. The van der Waals surface area contributed by atoms with Gasteiger partial charge in [-0.1, -0.05) is 6.07 Å². The van der Waals surface area contributed by atoms with Crippen LogP contribution in [-0.2, 0) is 6.54 Å². The summed E-state index contributed by atoms with van der Waals surface area (Å²) in [6.45, 7) is 4.32. The van der Waals surface area contributed by atoms with E-state index in [1.165, 1.54) is 11.8 Å². The van der Waals surface area contributed by atoms with Gasteiger partial charge in [-0.05, 0) is 25.8 Å². The van der Waals surface area contributed by atoms with E-state index in [-0.39, 0.29) is 29.5 Å². The lowest BCUT2D eigenvalue weighted by molar-refractivity contribution is -0.181. The Morgan fingerprint density at radius 2 is 1.89 bits per heavy atom. The molecular formula is C18H29F3IN5O. The van der Waals surface area contributed by atoms with Crippen molar-refractivity contribution in [2.24, 2.45) is 4.99 Å². The lowest BCUT2D eigenvalue weighted by Crippen LogP contribution is -2.56. The molecule has 1 unspecified atom stereocenters. The van der Waals surface area contributed by atoms with E-state index in [0.717, 1.165) is 12.8 Å². The summed E-state index contributed by atoms with van der Waals surface area (Å²) < 4.78 is 40.2. The first kappa shape index (κ1) is 24.7. The second kappa shape index (κ2) is 11.6. The van der Waals surface area contributed by atoms with Crippen molar-refractivity contribution in [2.75, 3.05) is 39.8 Å². The van der Waals surface area contributed by atoms with E-state index in [1.807, 2.05) is 11.0 Å². The third-order valence-electron chi connectivity index (χ3n) is 4.85. The Bertz CT molecular complexity index is 672. The molecule has 1 aromatic rings. The van der Waals surface area contributed by atoms with Gasteiger partial charge in [0.05, 0.1) is 0 Å². The zero-order valence-corrected chi connectivity index (χ0v) is 18.6. The standard InChI is InChI=1S/C18H28F3N5O.HI/c1-15(18(19,20)21)24-11-13-26(14-12-24)17(22-2)23-8-4-6-10-25-9-5-3-7-16(25)27;/h3,5,7,9,15H,4,6,8,10-14H2,1-2H3,(H,22,23);1H. The van der Waals surface area contributed by atoms with E-state index >= 15 is 0 Å². The topological polar surface area (TPSA) is 52.9 Å². The zero-order chi connectivity index (χ0) is 19.9. The van der Waals surface area contributed by atoms with Gasteiger partial charge >= 0.3 is 6.18 Å². The van der Waals surface area contributed by atoms with Crippen molar-refractivity contribution in [2.45, 2.75) is 38.5 Å². The molecule has 28 heavy (non-hydrogen) atoms. The first-order valence-corrected chi connectivity index (χ1v) is 9.24. The molecule has 0 spiro atoms. The van der Waals surface area contributed by atoms with Crippen LogP contribution in [0, 0.1) is 0 Å². The first-order chi connectivity index (χ1) is 12.8. The van der Waals surface area contributed by atoms with Gasteiger partial charge < -0.3 is 14.8 Å². The van der Waals surface area contributed by atoms with Gasteiger partial charge in [-0.2, -0.15) is 13.2 Å². The molecule has 0 bridgehead atoms. The second-order valence-electron chi connectivity index (χ2n) is 6.65. The van der Waals surface area contributed by atoms with Gasteiger partial charge in [0.25, 0.3) is 0 Å². The molecule has 1 aromatic heterocycles. The maximum atomic E-state index is 12.8. The number of aryl methyl sites for hydroxylation is 1. The number of aromatic nitrogens is 1. The first-order valence-electron chi connectivity index (χ1n) is 9.24. The van der Waals surface area contributed by atoms with Gasteiger partial charge in [0, 0.05) is 58.6 Å². The Balaban J connectivity index is 0.00000392. The maximum Gasteiger partial charge on any atom is 0.403 e. The fraction of sp³-hybridized carbons (Fsp3) is 0.667. The molecule has 1 N–H and O–H groups in total. The number of halogens is 4. The number of pyridine rings is 1. The van der Waals surface area contributed by atoms with E-state index in [0.29, 0.717) is 45.2 Å². The summed E-state index contributed by atoms with van der Waals surface area (Å²) in [5.41, 5.74) is -0.00720. The number of nitrogens with zero attached hydrogens (tertiary/aromatic N) is 4. The smallest absolute Gasteiger partial charge is 0.356 e. The second-order valence-corrected chi connectivity index (χ2v) is 6.65. The molecule has 2 heterocycles. The van der Waals surface area contributed by atoms with Crippen molar-refractivity contribution >= 4 is 29.9 Å². The molecule has 1 aliphatic heterocycles. The summed E-state index contributed by atoms with van der Waals surface area (Å²) in [5.74, 6) is 0.714. The maximum absolute atomic E-state index is 12.8. The van der Waals surface area contributed by atoms with Crippen LogP contribution in [0.2, 0.25) is 0 Å². The molecule has 0 radical (unpaired) electrons. The van der Waals surface area contributed by atoms with Crippen molar-refractivity contribution in [3.8, 4) is 0 Å². The van der Waals surface area contributed by atoms with Crippen molar-refractivity contribution in [3.63, 3.8) is 0 Å². The predicted molar refractivity (Wildman–Crippen MR) is 115 cm³/mol. The molecule has 1 fully saturated rings. The average molecular weight is 515 g/mol. The van der Waals surface area contributed by atoms with E-state index in [9.17, 15) is 18.0 Å². The SMILES string of the molecule is CN=C(NCCCCn1ccccc1=O)N1CCN(C(C)C(F)(F)F)CC1.I. The summed E-state index contributed by atoms with van der Waals surface area (Å²) in [6.07, 6.45) is -0.699. The molecule has 1 aliphatic rings. The van der Waals surface area contributed by atoms with Gasteiger partial charge in [0.2, 0.25) is 5.56 Å². The molecule has 0 aromatic carbocycles. The van der Waals surface area contributed by atoms with Gasteiger partial charge in [0.1, 0.15) is 6.04 Å². The highest BCUT2D eigenvalue weighted by molar-refractivity contribution is 14.0. The van der Waals surface area contributed by atoms with Crippen LogP contribution in [0.1, 0.15) is 19.8 Å². The molecule has 2 rings (SSSR count). The molecule has 10 heteroatoms. The Labute approximate surface area is 180 Å². The third-order valence-corrected chi connectivity index (χ3v) is 4.85. The zero-order valence-electron chi connectivity index (χ0n) is 16.3. The lowest BCUT2D eigenvalue weighted by atomic mass is 10.2. The summed E-state index contributed by atoms with van der Waals surface area (Å²) >= 11 is 0. The molecule has 6 nitrogen and oxygen atoms in total. The Kier molecular flexibility index (Phi) is 10.3. The Morgan fingerprint density at radius 1 is 1.21 bits per heavy atom. The molecular weight excluding hydrogens is 486 g/mol. The van der Waals surface area contributed by atoms with Crippen molar-refractivity contribution in [1.82, 2.24) is 19.7 Å². The van der Waals surface area contributed by atoms with Crippen LogP contribution in [0.5, 0.6) is 0 Å². The monoisotopic (exact) mass is 515 g/mol. The minimum Gasteiger partial charge on any atom is -0.356 e. The molecule has 0 amide bonds. The minimum atomic E-state index is -4.19. The van der Waals surface area contributed by atoms with Crippen molar-refractivity contribution in [1.29, 1.82) is 0 Å². The summed E-state index contributed by atoms with van der Waals surface area (Å²) in [7, 11) is 1.68. The van der Waals surface area contributed by atoms with E-state index < -0.39 is 12.2 Å². The number of piperazine rings is 1. The molecule has 0 aliphatic carbocycles. The van der Waals surface area contributed by atoms with Crippen molar-refractivity contribution < 1.29 is 13.2 Å². The van der Waals surface area contributed by atoms with Crippen LogP contribution in [0.25, 0.3) is 0 Å². The fourth-order valence-electron chi connectivity index (χ4n) is 3.11. The Hall–Kier alpha value is -1.30. The lowest BCUT2D eigenvalue weighted by Gasteiger charge is -2.39. The van der Waals surface area contributed by atoms with E-state index in [4.69, 9.17) is 0 Å². The molecule has 0 saturated carbocycles. The predicted octanol–water partition coefficient (Wildman–Crippen LogP) is 2.39. The van der Waals surface area contributed by atoms with Gasteiger partial charge in [-0.15, -0.1) is 24.0 Å². The van der Waals surface area contributed by atoms with E-state index in [1.54, 1.807) is 29.9 Å². The molecule has 1 saturated heterocycles. The fourth-order valence-corrected chi connectivity index (χ4v) is 3.11. The number of aliphatic imine (C=N–C) groups is 1. The average Bonchev–Trinajstić information content (AvgIpc) is 2.65. The largest absolute Gasteiger partial charge is 0.403 e. The highest BCUT2D eigenvalue weighted by Crippen LogP contribution is 2.25. The third kappa shape index (κ3) is 7.26. The number of rotatable bonds is 6. The van der Waals surface area contributed by atoms with Gasteiger partial charge in [0.15, 0.2) is 5.96 Å². The van der Waals surface area contributed by atoms with Crippen LogP contribution in [0.15, 0.2) is 34.2 Å². The van der Waals surface area contributed by atoms with Crippen molar-refractivity contribution in [3.05, 3.63) is 34.7 Å². The minimum absolute atomic E-state index is 0. The Morgan fingerprint density at radius 3 is 2.46 bits per heavy atom. The summed E-state index contributed by atoms with van der Waals surface area (Å²) in [4.78, 5) is 19.3. The van der Waals surface area contributed by atoms with Crippen LogP contribution < -0.4 is 10.9 Å². The number of unbranched alkanes of at least 4 members (excludes halogenated alkanes) is 1. The highest BCUT2D eigenvalue weighted by Gasteiger charge is 2.41. The number of alkyl halides is 3. The van der Waals surface area contributed by atoms with Crippen LogP contribution in [0.4, 0.5) is 13.2 Å². The quantitative estimate of drug-likeness (QED) is 0.274. The van der Waals surface area contributed by atoms with Gasteiger partial charge in [-0.3, -0.25) is 14.7 Å². The number of hydrogen-bond donors (Lipinski definition) is 1. The van der Waals surface area contributed by atoms with Crippen LogP contribution in [0.3, 0.4) is 0 Å². The normalized spacial score (nSPS) is 17.2. The summed E-state index contributed by atoms with van der Waals surface area (Å²) in [6, 6.07) is 3.68. The highest BCUT2D eigenvalue weighted by atomic mass is 127.